The number of phenols is 1. The van der Waals surface area contributed by atoms with Gasteiger partial charge in [0.2, 0.25) is 0 Å². The summed E-state index contributed by atoms with van der Waals surface area (Å²) >= 11 is 0. The van der Waals surface area contributed by atoms with Gasteiger partial charge in [-0.2, -0.15) is 18.7 Å². The van der Waals surface area contributed by atoms with Crippen LogP contribution < -0.4 is 15.0 Å². The van der Waals surface area contributed by atoms with E-state index in [1.54, 1.807) is 30.5 Å². The summed E-state index contributed by atoms with van der Waals surface area (Å²) in [5.74, 6) is 2.46. The number of piperazine rings is 1. The van der Waals surface area contributed by atoms with Crippen molar-refractivity contribution in [1.29, 1.82) is 0 Å². The van der Waals surface area contributed by atoms with Crippen molar-refractivity contribution in [3.05, 3.63) is 59.6 Å². The van der Waals surface area contributed by atoms with Crippen LogP contribution in [0.15, 0.2) is 48.2 Å². The molecule has 3 atom stereocenters. The molecule has 0 aliphatic carbocycles. The lowest BCUT2D eigenvalue weighted by Crippen LogP contribution is -2.61. The van der Waals surface area contributed by atoms with Gasteiger partial charge in [-0.25, -0.2) is 4.39 Å². The number of nitrogens with zero attached hydrogens (tertiary/aromatic N) is 5. The monoisotopic (exact) mass is 612 g/mol. The van der Waals surface area contributed by atoms with Crippen molar-refractivity contribution in [2.24, 2.45) is 0 Å². The molecule has 4 aromatic rings. The predicted octanol–water partition coefficient (Wildman–Crippen LogP) is 5.38. The van der Waals surface area contributed by atoms with Crippen LogP contribution in [0.2, 0.25) is 0 Å². The summed E-state index contributed by atoms with van der Waals surface area (Å²) in [4.78, 5) is 18.2. The molecule has 0 amide bonds. The van der Waals surface area contributed by atoms with Crippen LogP contribution in [0.4, 0.5) is 19.0 Å². The lowest BCUT2D eigenvalue weighted by Gasteiger charge is -2.46. The minimum Gasteiger partial charge on any atom is -0.508 e. The topological polar surface area (TPSA) is 86.6 Å². The van der Waals surface area contributed by atoms with E-state index in [2.05, 4.69) is 31.0 Å². The molecule has 2 aromatic heterocycles. The lowest BCUT2D eigenvalue weighted by atomic mass is 9.92. The molecular weight excluding hydrogens is 581 g/mol. The van der Waals surface area contributed by atoms with Gasteiger partial charge < -0.3 is 20.1 Å². The van der Waals surface area contributed by atoms with E-state index in [4.69, 9.17) is 16.1 Å². The van der Waals surface area contributed by atoms with Crippen LogP contribution in [0, 0.1) is 18.2 Å². The summed E-state index contributed by atoms with van der Waals surface area (Å²) in [5.41, 5.74) is 0.491. The molecule has 8 nitrogen and oxygen atoms in total. The van der Waals surface area contributed by atoms with Crippen molar-refractivity contribution in [2.45, 2.75) is 49.7 Å². The largest absolute Gasteiger partial charge is 0.508 e. The number of fused-ring (bicyclic) bond motifs is 6. The smallest absolute Gasteiger partial charge is 0.319 e. The third-order valence-electron chi connectivity index (χ3n) is 10.0. The van der Waals surface area contributed by atoms with Crippen molar-refractivity contribution in [3.8, 4) is 35.4 Å². The first kappa shape index (κ1) is 28.1. The van der Waals surface area contributed by atoms with E-state index in [0.717, 1.165) is 38.8 Å². The maximum atomic E-state index is 16.8. The zero-order valence-corrected chi connectivity index (χ0v) is 24.5. The van der Waals surface area contributed by atoms with Crippen molar-refractivity contribution in [1.82, 2.24) is 25.2 Å². The highest BCUT2D eigenvalue weighted by Gasteiger charge is 2.48. The average molecular weight is 613 g/mol. The Morgan fingerprint density at radius 2 is 2.11 bits per heavy atom. The standard InChI is InChI=1S/C34H31F3N6O2/c1-2-19-5-3-6-20-11-24(44)12-25(27(19)20)29-28(35)30-26(15-39-29)32(43-17-22-7-8-23(43)14-38-22)41-33(40-30)45-18-34-9-4-10-42(34)16-21(13-34)31(36)37/h1,3,5-6,11-12,15,22-23,38,44H,4,7-10,13-14,16-18H2. The van der Waals surface area contributed by atoms with Crippen LogP contribution in [0.1, 0.15) is 37.7 Å². The SMILES string of the molecule is C#Cc1cccc2cc(O)cc(-c3ncc4c(N5CC6CCC5CN6)nc(OCC56CCCN5CC(=C(F)F)C6)nc4c3F)c12. The average Bonchev–Trinajstić information content (AvgIpc) is 3.62. The Bertz CT molecular complexity index is 1930. The molecule has 45 heavy (non-hydrogen) atoms. The molecule has 2 N–H and O–H groups in total. The van der Waals surface area contributed by atoms with Gasteiger partial charge in [0.15, 0.2) is 5.82 Å². The first-order valence-corrected chi connectivity index (χ1v) is 15.3. The molecule has 230 valence electrons. The van der Waals surface area contributed by atoms with Crippen LogP contribution in [-0.2, 0) is 0 Å². The fourth-order valence-corrected chi connectivity index (χ4v) is 7.84. The van der Waals surface area contributed by atoms with Crippen LogP contribution in [0.25, 0.3) is 32.9 Å². The molecule has 2 bridgehead atoms. The van der Waals surface area contributed by atoms with Gasteiger partial charge >= 0.3 is 6.01 Å². The molecular formula is C34H31F3N6O2. The van der Waals surface area contributed by atoms with Crippen molar-refractivity contribution in [2.75, 3.05) is 37.7 Å². The Kier molecular flexibility index (Phi) is 6.62. The number of aromatic hydroxyl groups is 1. The zero-order chi connectivity index (χ0) is 30.9. The molecule has 11 heteroatoms. The van der Waals surface area contributed by atoms with Crippen molar-refractivity contribution >= 4 is 27.5 Å². The Labute approximate surface area is 257 Å². The van der Waals surface area contributed by atoms with Gasteiger partial charge in [-0.05, 0) is 62.2 Å². The molecule has 0 saturated carbocycles. The highest BCUT2D eigenvalue weighted by molar-refractivity contribution is 6.02. The highest BCUT2D eigenvalue weighted by atomic mass is 19.3. The van der Waals surface area contributed by atoms with Crippen molar-refractivity contribution in [3.63, 3.8) is 0 Å². The number of hydrogen-bond donors (Lipinski definition) is 2. The molecule has 3 unspecified atom stereocenters. The molecule has 2 aromatic carbocycles. The summed E-state index contributed by atoms with van der Waals surface area (Å²) in [6, 6.07) is 8.82. The van der Waals surface area contributed by atoms with Crippen LogP contribution in [-0.4, -0.2) is 75.4 Å². The van der Waals surface area contributed by atoms with Gasteiger partial charge in [-0.3, -0.25) is 9.88 Å². The molecule has 9 rings (SSSR count). The summed E-state index contributed by atoms with van der Waals surface area (Å²) in [6.07, 6.45) is 9.60. The number of ether oxygens (including phenoxy) is 1. The van der Waals surface area contributed by atoms with Crippen LogP contribution >= 0.6 is 0 Å². The summed E-state index contributed by atoms with van der Waals surface area (Å²) in [5, 5.41) is 15.8. The molecule has 5 fully saturated rings. The minimum atomic E-state index is -1.63. The molecule has 0 spiro atoms. The van der Waals surface area contributed by atoms with E-state index < -0.39 is 17.4 Å². The molecule has 0 radical (unpaired) electrons. The van der Waals surface area contributed by atoms with E-state index >= 15 is 4.39 Å². The first-order chi connectivity index (χ1) is 21.8. The number of pyridine rings is 1. The van der Waals surface area contributed by atoms with Gasteiger partial charge in [-0.1, -0.05) is 18.1 Å². The van der Waals surface area contributed by atoms with E-state index in [1.165, 1.54) is 6.07 Å². The Hall–Kier alpha value is -4.40. The second kappa shape index (κ2) is 10.6. The van der Waals surface area contributed by atoms with Crippen molar-refractivity contribution < 1.29 is 23.0 Å². The third-order valence-corrected chi connectivity index (χ3v) is 10.0. The van der Waals surface area contributed by atoms with E-state index in [0.29, 0.717) is 39.6 Å². The Morgan fingerprint density at radius 1 is 1.22 bits per heavy atom. The third kappa shape index (κ3) is 4.58. The summed E-state index contributed by atoms with van der Waals surface area (Å²) in [6.45, 7) is 2.54. The number of benzene rings is 2. The fourth-order valence-electron chi connectivity index (χ4n) is 7.84. The van der Waals surface area contributed by atoms with Gasteiger partial charge in [0.1, 0.15) is 29.4 Å². The zero-order valence-electron chi connectivity index (χ0n) is 24.5. The maximum Gasteiger partial charge on any atom is 0.319 e. The quantitative estimate of drug-likeness (QED) is 0.291. The number of rotatable bonds is 5. The predicted molar refractivity (Wildman–Crippen MR) is 165 cm³/mol. The molecule has 5 aliphatic heterocycles. The summed E-state index contributed by atoms with van der Waals surface area (Å²) < 4.78 is 50.2. The normalized spacial score (nSPS) is 24.4. The fraction of sp³-hybridized carbons (Fsp3) is 0.382. The number of halogens is 3. The van der Waals surface area contributed by atoms with E-state index in [9.17, 15) is 13.9 Å². The number of phenolic OH excluding ortho intramolecular Hbond substituents is 1. The molecule has 5 aliphatic rings. The van der Waals surface area contributed by atoms with Gasteiger partial charge in [0.05, 0.1) is 10.9 Å². The van der Waals surface area contributed by atoms with Crippen LogP contribution in [0.5, 0.6) is 11.8 Å². The highest BCUT2D eigenvalue weighted by Crippen LogP contribution is 2.44. The van der Waals surface area contributed by atoms with Gasteiger partial charge in [0, 0.05) is 60.0 Å². The van der Waals surface area contributed by atoms with Gasteiger partial charge in [-0.15, -0.1) is 6.42 Å². The van der Waals surface area contributed by atoms with Gasteiger partial charge in [0.25, 0.3) is 6.08 Å². The Balaban J connectivity index is 1.26. The lowest BCUT2D eigenvalue weighted by molar-refractivity contribution is 0.108. The maximum absolute atomic E-state index is 16.8. The molecule has 5 saturated heterocycles. The molecule has 7 heterocycles. The summed E-state index contributed by atoms with van der Waals surface area (Å²) in [7, 11) is 0. The second-order valence-corrected chi connectivity index (χ2v) is 12.6. The number of nitrogens with one attached hydrogen (secondary N) is 1. The Morgan fingerprint density at radius 3 is 2.87 bits per heavy atom. The second-order valence-electron chi connectivity index (χ2n) is 12.6. The number of terminal acetylenes is 1. The number of aromatic nitrogens is 3. The van der Waals surface area contributed by atoms with Crippen LogP contribution in [0.3, 0.4) is 0 Å². The number of anilines is 1. The first-order valence-electron chi connectivity index (χ1n) is 15.3. The minimum absolute atomic E-state index is 0.00640. The van der Waals surface area contributed by atoms with E-state index in [1.807, 2.05) is 0 Å². The number of hydrogen-bond acceptors (Lipinski definition) is 8. The number of piperidine rings is 2. The van der Waals surface area contributed by atoms with E-state index in [-0.39, 0.29) is 60.2 Å².